The molecule has 0 unspecified atom stereocenters. The third-order valence-electron chi connectivity index (χ3n) is 0. The van der Waals surface area contributed by atoms with Gasteiger partial charge in [-0.1, -0.05) is 0 Å². The van der Waals surface area contributed by atoms with E-state index in [-0.39, 0.29) is 19.6 Å². The van der Waals surface area contributed by atoms with Gasteiger partial charge < -0.3 is 7.96 Å². The number of aliphatic hydroxyl groups excluding tert-OH is 1. The molecular formula is C2H8BeO. The van der Waals surface area contributed by atoms with Crippen LogP contribution in [-0.4, -0.2) is 21.8 Å². The van der Waals surface area contributed by atoms with Gasteiger partial charge >= 0.3 is 10.1 Å². The number of hydrogen-bond acceptors (Lipinski definition) is 1. The van der Waals surface area contributed by atoms with Crippen molar-refractivity contribution in [2.75, 3.05) is 6.61 Å². The third kappa shape index (κ3) is 163. The van der Waals surface area contributed by atoms with Crippen LogP contribution in [0.2, 0.25) is 0 Å². The predicted octanol–water partition coefficient (Wildman–Crippen LogP) is -0.157. The zero-order valence-electron chi connectivity index (χ0n) is 4.86. The fraction of sp³-hybridized carbons (Fsp3) is 1.00. The summed E-state index contributed by atoms with van der Waals surface area (Å²) in [6.45, 7) is 1.93. The monoisotopic (exact) mass is 57.1 g/mol. The van der Waals surface area contributed by atoms with Crippen molar-refractivity contribution in [3.63, 3.8) is 0 Å². The molecule has 0 bridgehead atoms. The van der Waals surface area contributed by atoms with Crippen LogP contribution in [-0.2, 0) is 0 Å². The van der Waals surface area contributed by atoms with Crippen LogP contribution in [0.5, 0.6) is 0 Å². The Morgan fingerprint density at radius 1 is 2.00 bits per heavy atom. The average molecular weight is 57.1 g/mol. The zero-order chi connectivity index (χ0) is 2.71. The summed E-state index contributed by atoms with van der Waals surface area (Å²) >= 11 is 0. The molecule has 0 aromatic carbocycles. The second-order valence-corrected chi connectivity index (χ2v) is 0.316. The maximum Gasteiger partial charge on any atom is 2.00 e. The summed E-state index contributed by atoms with van der Waals surface area (Å²) in [5, 5.41) is 7.57. The molecule has 0 saturated carbocycles. The van der Waals surface area contributed by atoms with E-state index in [2.05, 4.69) is 0 Å². The summed E-state index contributed by atoms with van der Waals surface area (Å²) in [6.07, 6.45) is 0. The van der Waals surface area contributed by atoms with Crippen LogP contribution in [0.1, 0.15) is 9.78 Å². The van der Waals surface area contributed by atoms with Crippen LogP contribution >= 0.6 is 0 Å². The third-order valence-corrected chi connectivity index (χ3v) is 0. The molecule has 4 heavy (non-hydrogen) atoms. The van der Waals surface area contributed by atoms with E-state index < -0.39 is 0 Å². The van der Waals surface area contributed by atoms with Crippen LogP contribution in [0, 0.1) is 0 Å². The summed E-state index contributed by atoms with van der Waals surface area (Å²) < 4.78 is 0. The molecule has 0 aliphatic rings. The fourth-order valence-electron chi connectivity index (χ4n) is 0. The maximum absolute atomic E-state index is 7.57. The SMILES string of the molecule is CCO.[Be+2].[H-].[H-]. The largest absolute Gasteiger partial charge is 2.00 e. The smallest absolute Gasteiger partial charge is 1.00 e. The number of hydrogen-bond donors (Lipinski definition) is 1. The van der Waals surface area contributed by atoms with E-state index in [1.165, 1.54) is 0 Å². The van der Waals surface area contributed by atoms with Crippen molar-refractivity contribution in [2.24, 2.45) is 0 Å². The van der Waals surface area contributed by atoms with Crippen LogP contribution < -0.4 is 0 Å². The summed E-state index contributed by atoms with van der Waals surface area (Å²) in [5.74, 6) is 0. The second-order valence-electron chi connectivity index (χ2n) is 0.316. The van der Waals surface area contributed by atoms with E-state index in [0.717, 1.165) is 0 Å². The predicted molar refractivity (Wildman–Crippen MR) is 20.7 cm³/mol. The molecule has 0 fully saturated rings. The normalized spacial score (nSPS) is 4.50. The van der Waals surface area contributed by atoms with Gasteiger partial charge in [-0.05, 0) is 6.92 Å². The minimum absolute atomic E-state index is 0. The molecule has 0 atom stereocenters. The van der Waals surface area contributed by atoms with E-state index >= 15 is 0 Å². The van der Waals surface area contributed by atoms with Crippen molar-refractivity contribution in [2.45, 2.75) is 6.92 Å². The van der Waals surface area contributed by atoms with Gasteiger partial charge in [-0.15, -0.1) is 0 Å². The molecule has 24 valence electrons. The van der Waals surface area contributed by atoms with Crippen molar-refractivity contribution in [3.8, 4) is 0 Å². The summed E-state index contributed by atoms with van der Waals surface area (Å²) in [7, 11) is 0. The molecule has 0 heterocycles. The molecule has 0 rings (SSSR count). The Kier molecular flexibility index (Phi) is 24.8. The molecule has 0 amide bonds. The Bertz CT molecular complexity index is 11.5. The minimum atomic E-state index is 0. The molecule has 0 saturated heterocycles. The number of aliphatic hydroxyl groups is 1. The van der Waals surface area contributed by atoms with Gasteiger partial charge in [0.25, 0.3) is 0 Å². The second kappa shape index (κ2) is 11.1. The van der Waals surface area contributed by atoms with Crippen LogP contribution in [0.3, 0.4) is 0 Å². The Morgan fingerprint density at radius 2 is 2.00 bits per heavy atom. The van der Waals surface area contributed by atoms with Gasteiger partial charge in [0, 0.05) is 6.61 Å². The number of rotatable bonds is 0. The molecular weight excluding hydrogens is 49.0 g/mol. The first-order valence-electron chi connectivity index (χ1n) is 1.02. The molecule has 1 N–H and O–H groups in total. The average Bonchev–Trinajstić information content (AvgIpc) is 0.918. The molecule has 0 aliphatic carbocycles. The molecule has 0 spiro atoms. The van der Waals surface area contributed by atoms with E-state index in [9.17, 15) is 0 Å². The van der Waals surface area contributed by atoms with E-state index in [1.807, 2.05) is 0 Å². The van der Waals surface area contributed by atoms with Gasteiger partial charge in [0.1, 0.15) is 0 Å². The van der Waals surface area contributed by atoms with Crippen LogP contribution in [0.15, 0.2) is 0 Å². The maximum atomic E-state index is 7.57. The van der Waals surface area contributed by atoms with Crippen molar-refractivity contribution >= 4 is 10.1 Å². The topological polar surface area (TPSA) is 20.2 Å². The Morgan fingerprint density at radius 3 is 2.00 bits per heavy atom. The Balaban J connectivity index is -0.00000000667. The molecule has 2 heteroatoms. The summed E-state index contributed by atoms with van der Waals surface area (Å²) in [5.41, 5.74) is 0. The van der Waals surface area contributed by atoms with E-state index in [4.69, 9.17) is 5.11 Å². The van der Waals surface area contributed by atoms with Crippen LogP contribution in [0.4, 0.5) is 0 Å². The van der Waals surface area contributed by atoms with E-state index in [0.29, 0.717) is 0 Å². The zero-order valence-corrected chi connectivity index (χ0v) is 2.86. The van der Waals surface area contributed by atoms with Crippen molar-refractivity contribution in [1.82, 2.24) is 0 Å². The van der Waals surface area contributed by atoms with Gasteiger partial charge in [0.2, 0.25) is 0 Å². The fourth-order valence-corrected chi connectivity index (χ4v) is 0. The standard InChI is InChI=1S/C2H6O.Be.2H/c1-2-3;;;/h3H,2H2,1H3;;;/q;+2;2*-1. The summed E-state index contributed by atoms with van der Waals surface area (Å²) in [6, 6.07) is 0. The molecule has 1 nitrogen and oxygen atoms in total. The van der Waals surface area contributed by atoms with Crippen molar-refractivity contribution < 1.29 is 7.96 Å². The van der Waals surface area contributed by atoms with Gasteiger partial charge in [0.05, 0.1) is 0 Å². The molecule has 0 aromatic heterocycles. The molecule has 0 radical (unpaired) electrons. The Labute approximate surface area is 32.8 Å². The van der Waals surface area contributed by atoms with Crippen molar-refractivity contribution in [3.05, 3.63) is 0 Å². The van der Waals surface area contributed by atoms with Crippen LogP contribution in [0.25, 0.3) is 0 Å². The summed E-state index contributed by atoms with van der Waals surface area (Å²) in [4.78, 5) is 0. The first-order chi connectivity index (χ1) is 1.41. The van der Waals surface area contributed by atoms with Crippen molar-refractivity contribution in [1.29, 1.82) is 0 Å². The minimum Gasteiger partial charge on any atom is -1.00 e. The Hall–Kier alpha value is 0.129. The quantitative estimate of drug-likeness (QED) is 0.383. The van der Waals surface area contributed by atoms with Gasteiger partial charge in [0.15, 0.2) is 0 Å². The first-order valence-corrected chi connectivity index (χ1v) is 1.02. The van der Waals surface area contributed by atoms with Gasteiger partial charge in [-0.2, -0.15) is 0 Å². The molecule has 0 aromatic rings. The van der Waals surface area contributed by atoms with Gasteiger partial charge in [-0.3, -0.25) is 0 Å². The molecule has 0 aliphatic heterocycles. The van der Waals surface area contributed by atoms with Gasteiger partial charge in [-0.25, -0.2) is 0 Å². The first kappa shape index (κ1) is 8.92. The van der Waals surface area contributed by atoms with E-state index in [1.54, 1.807) is 6.92 Å².